The van der Waals surface area contributed by atoms with Crippen LogP contribution in [0.3, 0.4) is 0 Å². The molecule has 2 bridgehead atoms. The number of rotatable bonds is 4. The van der Waals surface area contributed by atoms with E-state index >= 15 is 0 Å². The molecule has 6 heteroatoms. The predicted molar refractivity (Wildman–Crippen MR) is 106 cm³/mol. The van der Waals surface area contributed by atoms with Crippen LogP contribution in [0.25, 0.3) is 21.8 Å². The van der Waals surface area contributed by atoms with Crippen molar-refractivity contribution in [3.8, 4) is 21.8 Å². The molecule has 3 aliphatic rings. The van der Waals surface area contributed by atoms with Gasteiger partial charge in [-0.3, -0.25) is 4.79 Å². The number of furan rings is 1. The Morgan fingerprint density at radius 3 is 2.52 bits per heavy atom. The summed E-state index contributed by atoms with van der Waals surface area (Å²) in [6.07, 6.45) is 4.17. The molecule has 3 aliphatic heterocycles. The maximum absolute atomic E-state index is 12.6. The van der Waals surface area contributed by atoms with Crippen molar-refractivity contribution in [2.75, 3.05) is 19.6 Å². The summed E-state index contributed by atoms with van der Waals surface area (Å²) in [4.78, 5) is 16.2. The van der Waals surface area contributed by atoms with Crippen LogP contribution in [-0.4, -0.2) is 40.9 Å². The highest BCUT2D eigenvalue weighted by Gasteiger charge is 2.35. The molecule has 3 aromatic rings. The van der Waals surface area contributed by atoms with Crippen molar-refractivity contribution in [1.29, 1.82) is 0 Å². The Balaban J connectivity index is 1.28. The van der Waals surface area contributed by atoms with Gasteiger partial charge < -0.3 is 14.6 Å². The molecule has 0 unspecified atom stereocenters. The summed E-state index contributed by atoms with van der Waals surface area (Å²) in [5.41, 5.74) is 2.10. The van der Waals surface area contributed by atoms with Gasteiger partial charge in [0.15, 0.2) is 5.76 Å². The van der Waals surface area contributed by atoms with Gasteiger partial charge in [-0.05, 0) is 67.1 Å². The van der Waals surface area contributed by atoms with E-state index < -0.39 is 0 Å². The van der Waals surface area contributed by atoms with Crippen LogP contribution in [0.2, 0.25) is 0 Å². The fraction of sp³-hybridized carbons (Fsp3) is 0.333. The minimum Gasteiger partial charge on any atom is -0.451 e. The van der Waals surface area contributed by atoms with Crippen molar-refractivity contribution in [1.82, 2.24) is 14.6 Å². The molecule has 3 fully saturated rings. The van der Waals surface area contributed by atoms with Crippen molar-refractivity contribution >= 4 is 17.4 Å². The standard InChI is InChI=1S/C21H21N3O2S/c25-21(23-17-13-24-11-8-14(17)9-12-24)19-6-5-18(26-19)15-1-3-16(4-2-15)20-7-10-22-27-20/h1-7,10,14,17H,8-9,11-13H2,(H,23,25)/t17-/m0/s1. The van der Waals surface area contributed by atoms with Crippen LogP contribution in [0.15, 0.2) is 53.1 Å². The topological polar surface area (TPSA) is 58.4 Å². The average Bonchev–Trinajstić information content (AvgIpc) is 3.41. The molecule has 1 aromatic carbocycles. The highest BCUT2D eigenvalue weighted by molar-refractivity contribution is 7.09. The van der Waals surface area contributed by atoms with Gasteiger partial charge >= 0.3 is 0 Å². The molecular weight excluding hydrogens is 358 g/mol. The van der Waals surface area contributed by atoms with Crippen LogP contribution in [-0.2, 0) is 0 Å². The van der Waals surface area contributed by atoms with Gasteiger partial charge in [0.25, 0.3) is 5.91 Å². The Bertz CT molecular complexity index is 925. The van der Waals surface area contributed by atoms with E-state index in [9.17, 15) is 4.79 Å². The number of carbonyl (C=O) groups is 1. The molecule has 0 aliphatic carbocycles. The first-order chi connectivity index (χ1) is 13.3. The minimum atomic E-state index is -0.110. The van der Waals surface area contributed by atoms with E-state index in [-0.39, 0.29) is 11.9 Å². The number of piperidine rings is 3. The van der Waals surface area contributed by atoms with Crippen molar-refractivity contribution in [2.24, 2.45) is 5.92 Å². The SMILES string of the molecule is O=C(N[C@H]1CN2CCC1CC2)c1ccc(-c2ccc(-c3ccns3)cc2)o1. The van der Waals surface area contributed by atoms with Gasteiger partial charge in [0.1, 0.15) is 5.76 Å². The summed E-state index contributed by atoms with van der Waals surface area (Å²) >= 11 is 1.48. The number of nitrogens with one attached hydrogen (secondary N) is 1. The number of amides is 1. The van der Waals surface area contributed by atoms with Gasteiger partial charge in [-0.2, -0.15) is 0 Å². The lowest BCUT2D eigenvalue weighted by molar-refractivity contribution is 0.0606. The first-order valence-electron chi connectivity index (χ1n) is 9.41. The van der Waals surface area contributed by atoms with Crippen molar-refractivity contribution < 1.29 is 9.21 Å². The van der Waals surface area contributed by atoms with Gasteiger partial charge in [0, 0.05) is 24.3 Å². The fourth-order valence-electron chi connectivity index (χ4n) is 4.15. The van der Waals surface area contributed by atoms with Gasteiger partial charge in [0.2, 0.25) is 0 Å². The Kier molecular flexibility index (Phi) is 4.30. The molecule has 5 nitrogen and oxygen atoms in total. The van der Waals surface area contributed by atoms with Crippen molar-refractivity contribution in [3.05, 3.63) is 54.4 Å². The van der Waals surface area contributed by atoms with E-state index in [0.29, 0.717) is 17.4 Å². The van der Waals surface area contributed by atoms with Crippen LogP contribution in [0.5, 0.6) is 0 Å². The summed E-state index contributed by atoms with van der Waals surface area (Å²) in [7, 11) is 0. The molecule has 0 spiro atoms. The quantitative estimate of drug-likeness (QED) is 0.747. The first kappa shape index (κ1) is 16.7. The van der Waals surface area contributed by atoms with Crippen LogP contribution < -0.4 is 5.32 Å². The van der Waals surface area contributed by atoms with Gasteiger partial charge in [-0.15, -0.1) is 0 Å². The zero-order valence-electron chi connectivity index (χ0n) is 14.9. The third-order valence-electron chi connectivity index (χ3n) is 5.69. The Morgan fingerprint density at radius 2 is 1.85 bits per heavy atom. The lowest BCUT2D eigenvalue weighted by Crippen LogP contribution is -2.57. The van der Waals surface area contributed by atoms with E-state index in [1.54, 1.807) is 12.3 Å². The average molecular weight is 379 g/mol. The van der Waals surface area contributed by atoms with Crippen LogP contribution in [0, 0.1) is 5.92 Å². The molecule has 1 N–H and O–H groups in total. The van der Waals surface area contributed by atoms with Gasteiger partial charge in [-0.1, -0.05) is 24.3 Å². The molecule has 27 heavy (non-hydrogen) atoms. The van der Waals surface area contributed by atoms with E-state index in [4.69, 9.17) is 4.42 Å². The Morgan fingerprint density at radius 1 is 1.07 bits per heavy atom. The summed E-state index contributed by atoms with van der Waals surface area (Å²) < 4.78 is 9.99. The number of aromatic nitrogens is 1. The maximum atomic E-state index is 12.6. The number of nitrogens with zero attached hydrogens (tertiary/aromatic N) is 2. The Labute approximate surface area is 162 Å². The zero-order valence-corrected chi connectivity index (χ0v) is 15.7. The largest absolute Gasteiger partial charge is 0.451 e. The number of hydrogen-bond acceptors (Lipinski definition) is 5. The lowest BCUT2D eigenvalue weighted by Gasteiger charge is -2.44. The fourth-order valence-corrected chi connectivity index (χ4v) is 4.75. The highest BCUT2D eigenvalue weighted by Crippen LogP contribution is 2.29. The number of benzene rings is 1. The van der Waals surface area contributed by atoms with E-state index in [2.05, 4.69) is 26.7 Å². The number of fused-ring (bicyclic) bond motifs is 3. The molecule has 6 rings (SSSR count). The molecular formula is C21H21N3O2S. The summed E-state index contributed by atoms with van der Waals surface area (Å²) in [5, 5.41) is 3.18. The summed E-state index contributed by atoms with van der Waals surface area (Å²) in [5.74, 6) is 1.59. The van der Waals surface area contributed by atoms with Crippen LogP contribution in [0.4, 0.5) is 0 Å². The maximum Gasteiger partial charge on any atom is 0.287 e. The van der Waals surface area contributed by atoms with E-state index in [0.717, 1.165) is 22.5 Å². The van der Waals surface area contributed by atoms with Gasteiger partial charge in [0.05, 0.1) is 4.88 Å². The van der Waals surface area contributed by atoms with Crippen LogP contribution >= 0.6 is 11.5 Å². The molecule has 0 radical (unpaired) electrons. The number of carbonyl (C=O) groups excluding carboxylic acids is 1. The third kappa shape index (κ3) is 3.31. The third-order valence-corrected chi connectivity index (χ3v) is 6.49. The molecule has 1 atom stereocenters. The van der Waals surface area contributed by atoms with Crippen LogP contribution in [0.1, 0.15) is 23.4 Å². The molecule has 3 saturated heterocycles. The smallest absolute Gasteiger partial charge is 0.287 e. The zero-order chi connectivity index (χ0) is 18.2. The highest BCUT2D eigenvalue weighted by atomic mass is 32.1. The lowest BCUT2D eigenvalue weighted by atomic mass is 9.84. The van der Waals surface area contributed by atoms with E-state index in [1.807, 2.05) is 24.3 Å². The monoisotopic (exact) mass is 379 g/mol. The van der Waals surface area contributed by atoms with E-state index in [1.165, 1.54) is 37.5 Å². The molecule has 1 amide bonds. The summed E-state index contributed by atoms with van der Waals surface area (Å²) in [6, 6.07) is 14.0. The van der Waals surface area contributed by atoms with Crippen molar-refractivity contribution in [3.63, 3.8) is 0 Å². The molecule has 2 aromatic heterocycles. The molecule has 0 saturated carbocycles. The molecule has 138 valence electrons. The number of hydrogen-bond donors (Lipinski definition) is 1. The molecule has 5 heterocycles. The van der Waals surface area contributed by atoms with Crippen molar-refractivity contribution in [2.45, 2.75) is 18.9 Å². The minimum absolute atomic E-state index is 0.110. The Hall–Kier alpha value is -2.44. The second-order valence-electron chi connectivity index (χ2n) is 7.34. The normalized spacial score (nSPS) is 24.1. The first-order valence-corrected chi connectivity index (χ1v) is 10.2. The second-order valence-corrected chi connectivity index (χ2v) is 8.17. The summed E-state index contributed by atoms with van der Waals surface area (Å²) in [6.45, 7) is 3.29. The predicted octanol–water partition coefficient (Wildman–Crippen LogP) is 3.89. The second kappa shape index (κ2) is 6.94. The van der Waals surface area contributed by atoms with Gasteiger partial charge in [-0.25, -0.2) is 4.37 Å².